The molecule has 0 spiro atoms. The number of rotatable bonds is 8. The first-order valence-electron chi connectivity index (χ1n) is 17.3. The zero-order valence-corrected chi connectivity index (χ0v) is 31.3. The number of aromatic nitrogens is 7. The van der Waals surface area contributed by atoms with Gasteiger partial charge >= 0.3 is 0 Å². The fourth-order valence-electron chi connectivity index (χ4n) is 7.79. The van der Waals surface area contributed by atoms with E-state index in [2.05, 4.69) is 54.8 Å². The fraction of sp³-hybridized carbons (Fsp3) is 0.275. The second-order valence-corrected chi connectivity index (χ2v) is 14.4. The van der Waals surface area contributed by atoms with Crippen LogP contribution in [0.3, 0.4) is 0 Å². The van der Waals surface area contributed by atoms with Crippen LogP contribution in [0, 0.1) is 27.7 Å². The van der Waals surface area contributed by atoms with Gasteiger partial charge in [0.1, 0.15) is 29.6 Å². The summed E-state index contributed by atoms with van der Waals surface area (Å²) in [7, 11) is 1.98. The van der Waals surface area contributed by atoms with E-state index < -0.39 is 5.50 Å². The van der Waals surface area contributed by atoms with Gasteiger partial charge in [0.15, 0.2) is 5.82 Å². The minimum Gasteiger partial charge on any atom is -0.494 e. The molecule has 264 valence electrons. The SMILES string of the molecule is Cc1cc(OCCCc2c3n(c4c(-c5c(C)ncnc5C)cccc24)C(C)[C@@H](Cl)N(c2cn(C)c4ccc(-c5nc[nH]n5)cc24)C3=O)cc(C)c1Cl. The van der Waals surface area contributed by atoms with E-state index in [0.717, 1.165) is 83.0 Å². The number of carbonyl (C=O) groups is 1. The van der Waals surface area contributed by atoms with Crippen LogP contribution in [0.25, 0.3) is 44.3 Å². The van der Waals surface area contributed by atoms with Crippen LogP contribution in [0.15, 0.2) is 67.4 Å². The van der Waals surface area contributed by atoms with Gasteiger partial charge in [0.05, 0.1) is 23.9 Å². The van der Waals surface area contributed by atoms with Crippen molar-refractivity contribution in [2.75, 3.05) is 11.5 Å². The lowest BCUT2D eigenvalue weighted by atomic mass is 9.98. The third kappa shape index (κ3) is 5.43. The van der Waals surface area contributed by atoms with Crippen LogP contribution in [0.2, 0.25) is 5.02 Å². The first kappa shape index (κ1) is 33.9. The molecule has 1 unspecified atom stereocenters. The van der Waals surface area contributed by atoms with Gasteiger partial charge in [0, 0.05) is 62.6 Å². The zero-order valence-electron chi connectivity index (χ0n) is 29.8. The number of aryl methyl sites for hydroxylation is 6. The number of ether oxygens (including phenoxy) is 1. The van der Waals surface area contributed by atoms with Crippen molar-refractivity contribution in [2.24, 2.45) is 7.05 Å². The summed E-state index contributed by atoms with van der Waals surface area (Å²) >= 11 is 13.8. The number of H-pyrrole nitrogens is 1. The van der Waals surface area contributed by atoms with Gasteiger partial charge in [0.25, 0.3) is 5.91 Å². The molecule has 10 nitrogen and oxygen atoms in total. The molecule has 2 atom stereocenters. The number of alkyl halides is 1. The van der Waals surface area contributed by atoms with Gasteiger partial charge < -0.3 is 13.9 Å². The molecule has 12 heteroatoms. The van der Waals surface area contributed by atoms with Crippen LogP contribution in [0.1, 0.15) is 58.0 Å². The summed E-state index contributed by atoms with van der Waals surface area (Å²) in [4.78, 5) is 30.4. The van der Waals surface area contributed by atoms with Gasteiger partial charge in [-0.05, 0) is 94.5 Å². The number of halogens is 2. The Morgan fingerprint density at radius 2 is 1.71 bits per heavy atom. The van der Waals surface area contributed by atoms with E-state index >= 15 is 4.79 Å². The molecule has 1 N–H and O–H groups in total. The number of anilines is 1. The molecule has 0 saturated heterocycles. The summed E-state index contributed by atoms with van der Waals surface area (Å²) in [5.41, 5.74) is 10.0. The first-order chi connectivity index (χ1) is 25.0. The summed E-state index contributed by atoms with van der Waals surface area (Å²) in [5.74, 6) is 1.20. The third-order valence-corrected chi connectivity index (χ3v) is 11.4. The molecule has 0 saturated carbocycles. The van der Waals surface area contributed by atoms with E-state index in [-0.39, 0.29) is 11.9 Å². The highest BCUT2D eigenvalue weighted by molar-refractivity contribution is 6.32. The van der Waals surface area contributed by atoms with Gasteiger partial charge in [-0.15, -0.1) is 0 Å². The molecule has 0 fully saturated rings. The van der Waals surface area contributed by atoms with E-state index in [0.29, 0.717) is 31.0 Å². The Kier molecular flexibility index (Phi) is 8.54. The van der Waals surface area contributed by atoms with Crippen LogP contribution in [-0.2, 0) is 13.5 Å². The van der Waals surface area contributed by atoms with Crippen molar-refractivity contribution in [1.29, 1.82) is 0 Å². The molecule has 1 amide bonds. The Hall–Kier alpha value is -5.19. The maximum atomic E-state index is 15.2. The van der Waals surface area contributed by atoms with Crippen LogP contribution in [0.5, 0.6) is 5.75 Å². The number of hydrogen-bond donors (Lipinski definition) is 1. The first-order valence-corrected chi connectivity index (χ1v) is 18.1. The van der Waals surface area contributed by atoms with Gasteiger partial charge in [0.2, 0.25) is 0 Å². The Bertz CT molecular complexity index is 2480. The van der Waals surface area contributed by atoms with Crippen molar-refractivity contribution in [3.63, 3.8) is 0 Å². The van der Waals surface area contributed by atoms with Gasteiger partial charge in [-0.2, -0.15) is 5.10 Å². The molecule has 0 aliphatic carbocycles. The largest absolute Gasteiger partial charge is 0.494 e. The summed E-state index contributed by atoms with van der Waals surface area (Å²) in [6, 6.07) is 15.9. The fourth-order valence-corrected chi connectivity index (χ4v) is 8.21. The summed E-state index contributed by atoms with van der Waals surface area (Å²) in [6.07, 6.45) is 6.42. The van der Waals surface area contributed by atoms with Gasteiger partial charge in [-0.3, -0.25) is 14.8 Å². The van der Waals surface area contributed by atoms with Crippen molar-refractivity contribution < 1.29 is 9.53 Å². The lowest BCUT2D eigenvalue weighted by molar-refractivity contribution is 0.0951. The van der Waals surface area contributed by atoms with Crippen molar-refractivity contribution in [3.05, 3.63) is 106 Å². The van der Waals surface area contributed by atoms with E-state index in [4.69, 9.17) is 27.9 Å². The molecule has 52 heavy (non-hydrogen) atoms. The predicted molar refractivity (Wildman–Crippen MR) is 207 cm³/mol. The molecule has 1 aliphatic rings. The minimum absolute atomic E-state index is 0.159. The lowest BCUT2D eigenvalue weighted by Crippen LogP contribution is -2.47. The topological polar surface area (TPSA) is 107 Å². The van der Waals surface area contributed by atoms with Gasteiger partial charge in [-0.25, -0.2) is 15.0 Å². The van der Waals surface area contributed by atoms with Crippen molar-refractivity contribution in [2.45, 2.75) is 59.0 Å². The van der Waals surface area contributed by atoms with Gasteiger partial charge in [-0.1, -0.05) is 41.4 Å². The van der Waals surface area contributed by atoms with Crippen LogP contribution in [-0.4, -0.2) is 52.3 Å². The highest BCUT2D eigenvalue weighted by Crippen LogP contribution is 2.46. The number of carbonyl (C=O) groups excluding carboxylic acids is 1. The molecule has 1 aliphatic heterocycles. The molecule has 8 rings (SSSR count). The summed E-state index contributed by atoms with van der Waals surface area (Å²) in [5, 5.41) is 9.72. The normalized spacial score (nSPS) is 15.9. The number of nitrogens with zero attached hydrogens (tertiary/aromatic N) is 7. The molecule has 5 heterocycles. The Morgan fingerprint density at radius 1 is 0.962 bits per heavy atom. The molecule has 3 aromatic carbocycles. The molecule has 4 aromatic heterocycles. The average Bonchev–Trinajstić information content (AvgIpc) is 3.86. The number of fused-ring (bicyclic) bond motifs is 4. The highest BCUT2D eigenvalue weighted by Gasteiger charge is 2.42. The summed E-state index contributed by atoms with van der Waals surface area (Å²) in [6.45, 7) is 10.5. The number of aromatic amines is 1. The Labute approximate surface area is 311 Å². The number of benzene rings is 3. The Balaban J connectivity index is 1.27. The lowest BCUT2D eigenvalue weighted by Gasteiger charge is -2.38. The number of nitrogens with one attached hydrogen (secondary N) is 1. The van der Waals surface area contributed by atoms with E-state index in [9.17, 15) is 0 Å². The molecular weight excluding hydrogens is 695 g/mol. The monoisotopic (exact) mass is 732 g/mol. The van der Waals surface area contributed by atoms with Crippen LogP contribution >= 0.6 is 23.2 Å². The zero-order chi connectivity index (χ0) is 36.4. The van der Waals surface area contributed by atoms with Crippen molar-refractivity contribution >= 4 is 56.6 Å². The highest BCUT2D eigenvalue weighted by atomic mass is 35.5. The molecular formula is C40H38Cl2N8O2. The third-order valence-electron chi connectivity index (χ3n) is 10.2. The predicted octanol–water partition coefficient (Wildman–Crippen LogP) is 9.06. The van der Waals surface area contributed by atoms with Crippen LogP contribution < -0.4 is 9.64 Å². The maximum absolute atomic E-state index is 15.2. The van der Waals surface area contributed by atoms with E-state index in [1.165, 1.54) is 0 Å². The average molecular weight is 734 g/mol. The second-order valence-electron chi connectivity index (χ2n) is 13.6. The van der Waals surface area contributed by atoms with E-state index in [1.54, 1.807) is 17.6 Å². The quantitative estimate of drug-likeness (QED) is 0.0949. The maximum Gasteiger partial charge on any atom is 0.276 e. The van der Waals surface area contributed by atoms with E-state index in [1.807, 2.05) is 75.8 Å². The molecule has 0 bridgehead atoms. The minimum atomic E-state index is -0.691. The van der Waals surface area contributed by atoms with Crippen molar-refractivity contribution in [3.8, 4) is 28.3 Å². The smallest absolute Gasteiger partial charge is 0.276 e. The Morgan fingerprint density at radius 3 is 2.42 bits per heavy atom. The van der Waals surface area contributed by atoms with Crippen LogP contribution in [0.4, 0.5) is 5.69 Å². The number of para-hydroxylation sites is 1. The number of amides is 1. The molecule has 7 aromatic rings. The molecule has 0 radical (unpaired) electrons. The summed E-state index contributed by atoms with van der Waals surface area (Å²) < 4.78 is 10.4. The van der Waals surface area contributed by atoms with Crippen molar-refractivity contribution in [1.82, 2.24) is 34.3 Å². The second kappa shape index (κ2) is 13.1. The number of hydrogen-bond acceptors (Lipinski definition) is 6. The standard InChI is InChI=1S/C40H38Cl2N8O2/c1-21-15-27(16-22(2)35(21)41)52-14-8-11-29-28-9-7-10-30(34-23(3)43-19-44-24(34)4)36(28)49-25(5)38(42)50(40(51)37(29)49)33-18-48(6)32-13-12-26(17-31(32)33)39-45-20-46-47-39/h7,9-10,12-13,15-20,25,38H,8,11,14H2,1-6H3,(H,45,46,47)/t25?,38-/m0/s1.